The maximum absolute atomic E-state index is 12.5. The highest BCUT2D eigenvalue weighted by Gasteiger charge is 2.38. The lowest BCUT2D eigenvalue weighted by molar-refractivity contribution is -0.133. The highest BCUT2D eigenvalue weighted by atomic mass is 32.2. The monoisotopic (exact) mass is 315 g/mol. The minimum absolute atomic E-state index is 0.0903. The summed E-state index contributed by atoms with van der Waals surface area (Å²) in [5.41, 5.74) is 0. The Morgan fingerprint density at radius 2 is 1.95 bits per heavy atom. The summed E-state index contributed by atoms with van der Waals surface area (Å²) in [5.74, 6) is 1.81. The standard InChI is InChI=1S/C14H25N3O3S/c1-2-17(13-3-4-21(19,20)10-13)14(18)9-16-7-11-5-15-6-12(11)8-16/h11-13,15H,2-10H2,1H3. The number of nitrogens with zero attached hydrogens (tertiary/aromatic N) is 2. The number of fused-ring (bicyclic) bond motifs is 1. The molecule has 1 N–H and O–H groups in total. The van der Waals surface area contributed by atoms with Gasteiger partial charge in [0, 0.05) is 25.7 Å². The molecule has 6 nitrogen and oxygen atoms in total. The van der Waals surface area contributed by atoms with Gasteiger partial charge in [-0.1, -0.05) is 0 Å². The van der Waals surface area contributed by atoms with Crippen LogP contribution >= 0.6 is 0 Å². The molecule has 21 heavy (non-hydrogen) atoms. The fraction of sp³-hybridized carbons (Fsp3) is 0.929. The van der Waals surface area contributed by atoms with Gasteiger partial charge in [0.05, 0.1) is 18.1 Å². The van der Waals surface area contributed by atoms with Crippen LogP contribution in [0.4, 0.5) is 0 Å². The van der Waals surface area contributed by atoms with Gasteiger partial charge in [-0.05, 0) is 38.3 Å². The smallest absolute Gasteiger partial charge is 0.237 e. The Balaban J connectivity index is 1.56. The molecule has 0 aromatic rings. The lowest BCUT2D eigenvalue weighted by atomic mass is 10.0. The molecule has 1 amide bonds. The number of amides is 1. The minimum atomic E-state index is -2.94. The first-order chi connectivity index (χ1) is 9.98. The van der Waals surface area contributed by atoms with Crippen molar-refractivity contribution in [1.82, 2.24) is 15.1 Å². The van der Waals surface area contributed by atoms with Crippen LogP contribution < -0.4 is 5.32 Å². The average molecular weight is 315 g/mol. The van der Waals surface area contributed by atoms with E-state index >= 15 is 0 Å². The van der Waals surface area contributed by atoms with Crippen molar-refractivity contribution >= 4 is 15.7 Å². The van der Waals surface area contributed by atoms with Crippen LogP contribution in [-0.4, -0.2) is 80.9 Å². The van der Waals surface area contributed by atoms with Crippen molar-refractivity contribution in [3.05, 3.63) is 0 Å². The predicted molar refractivity (Wildman–Crippen MR) is 80.7 cm³/mol. The van der Waals surface area contributed by atoms with Crippen LogP contribution in [0.15, 0.2) is 0 Å². The van der Waals surface area contributed by atoms with Crippen molar-refractivity contribution in [3.63, 3.8) is 0 Å². The van der Waals surface area contributed by atoms with Crippen LogP contribution in [0.5, 0.6) is 0 Å². The molecule has 0 aromatic carbocycles. The SMILES string of the molecule is CCN(C(=O)CN1CC2CNCC2C1)C1CCS(=O)(=O)C1. The summed E-state index contributed by atoms with van der Waals surface area (Å²) >= 11 is 0. The van der Waals surface area contributed by atoms with Gasteiger partial charge in [-0.3, -0.25) is 9.69 Å². The quantitative estimate of drug-likeness (QED) is 0.734. The minimum Gasteiger partial charge on any atom is -0.338 e. The van der Waals surface area contributed by atoms with Crippen molar-refractivity contribution in [2.45, 2.75) is 19.4 Å². The molecule has 120 valence electrons. The van der Waals surface area contributed by atoms with Gasteiger partial charge < -0.3 is 10.2 Å². The number of likely N-dealkylation sites (tertiary alicyclic amines) is 1. The van der Waals surface area contributed by atoms with Gasteiger partial charge in [0.15, 0.2) is 9.84 Å². The molecule has 0 aromatic heterocycles. The predicted octanol–water partition coefficient (Wildman–Crippen LogP) is -0.827. The number of hydrogen-bond acceptors (Lipinski definition) is 5. The Bertz CT molecular complexity index is 496. The third kappa shape index (κ3) is 3.24. The number of hydrogen-bond donors (Lipinski definition) is 1. The number of sulfone groups is 1. The molecular weight excluding hydrogens is 290 g/mol. The van der Waals surface area contributed by atoms with Gasteiger partial charge >= 0.3 is 0 Å². The summed E-state index contributed by atoms with van der Waals surface area (Å²) < 4.78 is 23.2. The molecule has 3 heterocycles. The van der Waals surface area contributed by atoms with Crippen molar-refractivity contribution in [2.75, 3.05) is 50.8 Å². The number of nitrogens with one attached hydrogen (secondary N) is 1. The maximum atomic E-state index is 12.5. The lowest BCUT2D eigenvalue weighted by Crippen LogP contribution is -2.46. The van der Waals surface area contributed by atoms with Gasteiger partial charge in [0.1, 0.15) is 0 Å². The van der Waals surface area contributed by atoms with Crippen LogP contribution in [0.1, 0.15) is 13.3 Å². The summed E-state index contributed by atoms with van der Waals surface area (Å²) in [6.45, 7) is 7.08. The molecule has 3 fully saturated rings. The van der Waals surface area contributed by atoms with E-state index in [4.69, 9.17) is 0 Å². The van der Waals surface area contributed by atoms with E-state index in [2.05, 4.69) is 10.2 Å². The van der Waals surface area contributed by atoms with Gasteiger partial charge in [-0.15, -0.1) is 0 Å². The first-order valence-corrected chi connectivity index (χ1v) is 9.73. The van der Waals surface area contributed by atoms with Crippen LogP contribution in [-0.2, 0) is 14.6 Å². The van der Waals surface area contributed by atoms with E-state index in [1.807, 2.05) is 6.92 Å². The first-order valence-electron chi connectivity index (χ1n) is 7.91. The normalized spacial score (nSPS) is 35.0. The van der Waals surface area contributed by atoms with Gasteiger partial charge in [-0.2, -0.15) is 0 Å². The Morgan fingerprint density at radius 3 is 2.48 bits per heavy atom. The fourth-order valence-corrected chi connectivity index (χ4v) is 5.75. The van der Waals surface area contributed by atoms with E-state index in [0.717, 1.165) is 26.2 Å². The average Bonchev–Trinajstić information content (AvgIpc) is 3.05. The highest BCUT2D eigenvalue weighted by molar-refractivity contribution is 7.91. The van der Waals surface area contributed by atoms with E-state index in [-0.39, 0.29) is 23.5 Å². The second kappa shape index (κ2) is 5.85. The Kier molecular flexibility index (Phi) is 4.25. The van der Waals surface area contributed by atoms with E-state index < -0.39 is 9.84 Å². The Morgan fingerprint density at radius 1 is 1.29 bits per heavy atom. The van der Waals surface area contributed by atoms with Gasteiger partial charge in [0.2, 0.25) is 5.91 Å². The van der Waals surface area contributed by atoms with E-state index in [1.54, 1.807) is 4.90 Å². The Labute approximate surface area is 126 Å². The highest BCUT2D eigenvalue weighted by Crippen LogP contribution is 2.26. The summed E-state index contributed by atoms with van der Waals surface area (Å²) in [7, 11) is -2.94. The molecule has 0 radical (unpaired) electrons. The molecule has 0 bridgehead atoms. The zero-order valence-corrected chi connectivity index (χ0v) is 13.4. The van der Waals surface area contributed by atoms with Crippen LogP contribution in [0.25, 0.3) is 0 Å². The van der Waals surface area contributed by atoms with Crippen molar-refractivity contribution in [2.24, 2.45) is 11.8 Å². The Hall–Kier alpha value is -0.660. The van der Waals surface area contributed by atoms with Crippen LogP contribution in [0, 0.1) is 11.8 Å². The summed E-state index contributed by atoms with van der Waals surface area (Å²) in [6.07, 6.45) is 0.594. The molecule has 3 unspecified atom stereocenters. The first kappa shape index (κ1) is 15.2. The zero-order valence-electron chi connectivity index (χ0n) is 12.6. The molecule has 0 spiro atoms. The topological polar surface area (TPSA) is 69.7 Å². The fourth-order valence-electron chi connectivity index (χ4n) is 4.02. The third-order valence-electron chi connectivity index (χ3n) is 5.13. The number of carbonyl (C=O) groups is 1. The third-order valence-corrected chi connectivity index (χ3v) is 6.88. The largest absolute Gasteiger partial charge is 0.338 e. The van der Waals surface area contributed by atoms with Crippen molar-refractivity contribution in [1.29, 1.82) is 0 Å². The van der Waals surface area contributed by atoms with Gasteiger partial charge in [0.25, 0.3) is 0 Å². The molecule has 0 aliphatic carbocycles. The summed E-state index contributed by atoms with van der Waals surface area (Å²) in [6, 6.07) is -0.115. The van der Waals surface area contributed by atoms with Crippen LogP contribution in [0.2, 0.25) is 0 Å². The molecule has 3 atom stereocenters. The van der Waals surface area contributed by atoms with Crippen molar-refractivity contribution < 1.29 is 13.2 Å². The maximum Gasteiger partial charge on any atom is 0.237 e. The molecule has 3 saturated heterocycles. The molecule has 3 aliphatic heterocycles. The van der Waals surface area contributed by atoms with Crippen molar-refractivity contribution in [3.8, 4) is 0 Å². The molecule has 3 aliphatic rings. The molecule has 0 saturated carbocycles. The summed E-state index contributed by atoms with van der Waals surface area (Å²) in [4.78, 5) is 16.5. The second-order valence-corrected chi connectivity index (χ2v) is 8.84. The molecule has 7 heteroatoms. The molecule has 3 rings (SSSR count). The van der Waals surface area contributed by atoms with E-state index in [1.165, 1.54) is 0 Å². The number of rotatable bonds is 4. The molecular formula is C14H25N3O3S. The van der Waals surface area contributed by atoms with Crippen LogP contribution in [0.3, 0.4) is 0 Å². The van der Waals surface area contributed by atoms with E-state index in [9.17, 15) is 13.2 Å². The number of likely N-dealkylation sites (N-methyl/N-ethyl adjacent to an activating group) is 1. The van der Waals surface area contributed by atoms with Gasteiger partial charge in [-0.25, -0.2) is 8.42 Å². The van der Waals surface area contributed by atoms with E-state index in [0.29, 0.717) is 31.3 Å². The number of carbonyl (C=O) groups excluding carboxylic acids is 1. The lowest BCUT2D eigenvalue weighted by Gasteiger charge is -2.29. The zero-order chi connectivity index (χ0) is 15.0. The second-order valence-electron chi connectivity index (χ2n) is 6.61. The summed E-state index contributed by atoms with van der Waals surface area (Å²) in [5, 5.41) is 3.40.